The number of anilines is 1. The van der Waals surface area contributed by atoms with Crippen LogP contribution < -0.4 is 5.32 Å². The highest BCUT2D eigenvalue weighted by molar-refractivity contribution is 6.04. The summed E-state index contributed by atoms with van der Waals surface area (Å²) in [5, 5.41) is 2.94. The highest BCUT2D eigenvalue weighted by Crippen LogP contribution is 2.24. The van der Waals surface area contributed by atoms with Crippen LogP contribution >= 0.6 is 0 Å². The Morgan fingerprint density at radius 3 is 2.65 bits per heavy atom. The molecule has 1 amide bonds. The molecule has 4 rings (SSSR count). The number of fused-ring (bicyclic) bond motifs is 1. The van der Waals surface area contributed by atoms with Crippen LogP contribution in [-0.2, 0) is 12.8 Å². The summed E-state index contributed by atoms with van der Waals surface area (Å²) in [6.07, 6.45) is 6.45. The topological polar surface area (TPSA) is 55.1 Å². The number of oxazole rings is 1. The van der Waals surface area contributed by atoms with E-state index >= 15 is 0 Å². The molecule has 0 bridgehead atoms. The summed E-state index contributed by atoms with van der Waals surface area (Å²) in [6, 6.07) is 13.5. The van der Waals surface area contributed by atoms with E-state index in [4.69, 9.17) is 4.42 Å². The van der Waals surface area contributed by atoms with Gasteiger partial charge in [-0.15, -0.1) is 0 Å². The van der Waals surface area contributed by atoms with E-state index in [-0.39, 0.29) is 5.91 Å². The number of carbonyl (C=O) groups excluding carboxylic acids is 1. The molecule has 4 heteroatoms. The van der Waals surface area contributed by atoms with Crippen LogP contribution in [0.5, 0.6) is 0 Å². The molecule has 2 aromatic carbocycles. The first-order valence-corrected chi connectivity index (χ1v) is 7.72. The van der Waals surface area contributed by atoms with Crippen LogP contribution in [0.1, 0.15) is 27.9 Å². The van der Waals surface area contributed by atoms with E-state index in [1.807, 2.05) is 36.4 Å². The van der Waals surface area contributed by atoms with Gasteiger partial charge in [0.1, 0.15) is 0 Å². The Hall–Kier alpha value is -2.88. The second-order valence-corrected chi connectivity index (χ2v) is 5.73. The molecule has 1 heterocycles. The number of carbonyl (C=O) groups is 1. The van der Waals surface area contributed by atoms with Crippen LogP contribution in [-0.4, -0.2) is 10.9 Å². The van der Waals surface area contributed by atoms with Gasteiger partial charge in [-0.2, -0.15) is 0 Å². The van der Waals surface area contributed by atoms with Gasteiger partial charge in [0.25, 0.3) is 5.91 Å². The van der Waals surface area contributed by atoms with Crippen LogP contribution in [0.3, 0.4) is 0 Å². The summed E-state index contributed by atoms with van der Waals surface area (Å²) in [5.74, 6) is 0.633. The molecular formula is C19H16N2O2. The van der Waals surface area contributed by atoms with Crippen molar-refractivity contribution in [1.29, 1.82) is 0 Å². The molecule has 3 aromatic rings. The number of hydrogen-bond donors (Lipinski definition) is 1. The fourth-order valence-corrected chi connectivity index (χ4v) is 2.99. The minimum atomic E-state index is -0.0767. The van der Waals surface area contributed by atoms with Gasteiger partial charge in [-0.1, -0.05) is 6.07 Å². The highest BCUT2D eigenvalue weighted by Gasteiger charge is 2.14. The lowest BCUT2D eigenvalue weighted by molar-refractivity contribution is 0.102. The Morgan fingerprint density at radius 2 is 1.87 bits per heavy atom. The number of nitrogens with zero attached hydrogens (tertiary/aromatic N) is 1. The maximum atomic E-state index is 12.4. The van der Waals surface area contributed by atoms with Crippen molar-refractivity contribution in [2.75, 3.05) is 5.32 Å². The largest absolute Gasteiger partial charge is 0.444 e. The first-order chi connectivity index (χ1) is 11.3. The van der Waals surface area contributed by atoms with Crippen molar-refractivity contribution in [3.05, 3.63) is 71.7 Å². The van der Waals surface area contributed by atoms with Crippen LogP contribution in [0.4, 0.5) is 5.69 Å². The SMILES string of the molecule is O=C(Nc1ccc(-c2cnco2)cc1)c1ccc2c(c1)CCC2. The van der Waals surface area contributed by atoms with E-state index in [0.29, 0.717) is 11.3 Å². The summed E-state index contributed by atoms with van der Waals surface area (Å²) in [5.41, 5.74) is 5.08. The predicted molar refractivity (Wildman–Crippen MR) is 88.4 cm³/mol. The first-order valence-electron chi connectivity index (χ1n) is 7.72. The van der Waals surface area contributed by atoms with Crippen LogP contribution in [0.15, 0.2) is 59.5 Å². The van der Waals surface area contributed by atoms with Gasteiger partial charge in [-0.05, 0) is 66.8 Å². The average molecular weight is 304 g/mol. The highest BCUT2D eigenvalue weighted by atomic mass is 16.3. The van der Waals surface area contributed by atoms with E-state index < -0.39 is 0 Å². The van der Waals surface area contributed by atoms with Crippen molar-refractivity contribution < 1.29 is 9.21 Å². The minimum absolute atomic E-state index is 0.0767. The molecular weight excluding hydrogens is 288 g/mol. The van der Waals surface area contributed by atoms with E-state index in [1.165, 1.54) is 23.9 Å². The third-order valence-electron chi connectivity index (χ3n) is 4.22. The molecule has 23 heavy (non-hydrogen) atoms. The fraction of sp³-hybridized carbons (Fsp3) is 0.158. The van der Waals surface area contributed by atoms with E-state index in [9.17, 15) is 4.79 Å². The number of nitrogens with one attached hydrogen (secondary N) is 1. The summed E-state index contributed by atoms with van der Waals surface area (Å²) in [7, 11) is 0. The predicted octanol–water partition coefficient (Wildman–Crippen LogP) is 4.08. The summed E-state index contributed by atoms with van der Waals surface area (Å²) in [6.45, 7) is 0. The van der Waals surface area contributed by atoms with Crippen molar-refractivity contribution in [3.63, 3.8) is 0 Å². The zero-order valence-electron chi connectivity index (χ0n) is 12.6. The van der Waals surface area contributed by atoms with Gasteiger partial charge in [-0.3, -0.25) is 4.79 Å². The van der Waals surface area contributed by atoms with Gasteiger partial charge in [0.05, 0.1) is 6.20 Å². The second-order valence-electron chi connectivity index (χ2n) is 5.73. The molecule has 0 spiro atoms. The zero-order chi connectivity index (χ0) is 15.6. The van der Waals surface area contributed by atoms with Gasteiger partial charge in [0.2, 0.25) is 0 Å². The lowest BCUT2D eigenvalue weighted by atomic mass is 10.1. The molecule has 0 unspecified atom stereocenters. The number of aryl methyl sites for hydroxylation is 2. The van der Waals surface area contributed by atoms with E-state index in [0.717, 1.165) is 24.1 Å². The molecule has 1 N–H and O–H groups in total. The number of rotatable bonds is 3. The Labute approximate surface area is 134 Å². The number of benzene rings is 2. The molecule has 0 saturated carbocycles. The maximum Gasteiger partial charge on any atom is 0.255 e. The third kappa shape index (κ3) is 2.75. The molecule has 0 fully saturated rings. The van der Waals surface area contributed by atoms with Gasteiger partial charge >= 0.3 is 0 Å². The Balaban J connectivity index is 1.50. The minimum Gasteiger partial charge on any atom is -0.444 e. The van der Waals surface area contributed by atoms with Gasteiger partial charge in [0.15, 0.2) is 12.2 Å². The zero-order valence-corrected chi connectivity index (χ0v) is 12.6. The van der Waals surface area contributed by atoms with Gasteiger partial charge in [0, 0.05) is 16.8 Å². The second kappa shape index (κ2) is 5.72. The lowest BCUT2D eigenvalue weighted by Crippen LogP contribution is -2.12. The normalized spacial score (nSPS) is 12.9. The molecule has 0 atom stereocenters. The molecule has 1 aliphatic rings. The van der Waals surface area contributed by atoms with Gasteiger partial charge in [-0.25, -0.2) is 4.98 Å². The van der Waals surface area contributed by atoms with E-state index in [2.05, 4.69) is 16.4 Å². The van der Waals surface area contributed by atoms with Crippen molar-refractivity contribution in [1.82, 2.24) is 4.98 Å². The third-order valence-corrected chi connectivity index (χ3v) is 4.22. The Bertz CT molecular complexity index is 836. The van der Waals surface area contributed by atoms with Crippen molar-refractivity contribution in [3.8, 4) is 11.3 Å². The maximum absolute atomic E-state index is 12.4. The summed E-state index contributed by atoms with van der Waals surface area (Å²) < 4.78 is 5.25. The number of hydrogen-bond acceptors (Lipinski definition) is 3. The molecule has 0 aliphatic heterocycles. The number of aromatic nitrogens is 1. The quantitative estimate of drug-likeness (QED) is 0.793. The lowest BCUT2D eigenvalue weighted by Gasteiger charge is -2.07. The van der Waals surface area contributed by atoms with E-state index in [1.54, 1.807) is 6.20 Å². The van der Waals surface area contributed by atoms with Crippen LogP contribution in [0.2, 0.25) is 0 Å². The fourth-order valence-electron chi connectivity index (χ4n) is 2.99. The monoisotopic (exact) mass is 304 g/mol. The van der Waals surface area contributed by atoms with Crippen molar-refractivity contribution in [2.24, 2.45) is 0 Å². The summed E-state index contributed by atoms with van der Waals surface area (Å²) in [4.78, 5) is 16.3. The standard InChI is InChI=1S/C19H16N2O2/c22-19(16-5-4-13-2-1-3-15(13)10-16)21-17-8-6-14(7-9-17)18-11-20-12-23-18/h4-12H,1-3H2,(H,21,22). The average Bonchev–Trinajstić information content (AvgIpc) is 3.26. The van der Waals surface area contributed by atoms with Crippen molar-refractivity contribution in [2.45, 2.75) is 19.3 Å². The van der Waals surface area contributed by atoms with Crippen molar-refractivity contribution >= 4 is 11.6 Å². The molecule has 114 valence electrons. The molecule has 0 radical (unpaired) electrons. The Morgan fingerprint density at radius 1 is 1.04 bits per heavy atom. The van der Waals surface area contributed by atoms with Gasteiger partial charge < -0.3 is 9.73 Å². The van der Waals surface area contributed by atoms with Crippen LogP contribution in [0, 0.1) is 0 Å². The first kappa shape index (κ1) is 13.8. The van der Waals surface area contributed by atoms with Crippen LogP contribution in [0.25, 0.3) is 11.3 Å². The molecule has 4 nitrogen and oxygen atoms in total. The number of amides is 1. The molecule has 0 saturated heterocycles. The molecule has 1 aromatic heterocycles. The molecule has 1 aliphatic carbocycles. The Kier molecular flexibility index (Phi) is 3.42. The summed E-state index contributed by atoms with van der Waals surface area (Å²) >= 11 is 0. The smallest absolute Gasteiger partial charge is 0.255 e.